The quantitative estimate of drug-likeness (QED) is 0.760. The fourth-order valence-electron chi connectivity index (χ4n) is 1.90. The van der Waals surface area contributed by atoms with Crippen molar-refractivity contribution in [2.24, 2.45) is 0 Å². The molecule has 4 nitrogen and oxygen atoms in total. The summed E-state index contributed by atoms with van der Waals surface area (Å²) in [6, 6.07) is 5.49. The van der Waals surface area contributed by atoms with Gasteiger partial charge in [0, 0.05) is 12.8 Å². The molecule has 1 amide bonds. The molecular weight excluding hydrogens is 228 g/mol. The van der Waals surface area contributed by atoms with Gasteiger partial charge in [-0.1, -0.05) is 19.4 Å². The summed E-state index contributed by atoms with van der Waals surface area (Å²) in [4.78, 5) is 12.1. The minimum absolute atomic E-state index is 0.0354. The lowest BCUT2D eigenvalue weighted by molar-refractivity contribution is 0.0892. The molecule has 0 spiro atoms. The number of ether oxygens (including phenoxy) is 1. The molecule has 0 radical (unpaired) electrons. The maximum atomic E-state index is 12.1. The van der Waals surface area contributed by atoms with Gasteiger partial charge in [-0.2, -0.15) is 0 Å². The third-order valence-corrected chi connectivity index (χ3v) is 2.79. The van der Waals surface area contributed by atoms with Crippen LogP contribution in [0.3, 0.4) is 0 Å². The van der Waals surface area contributed by atoms with Crippen molar-refractivity contribution in [2.45, 2.75) is 32.7 Å². The molecule has 3 N–H and O–H groups in total. The second kappa shape index (κ2) is 7.01. The maximum absolute atomic E-state index is 12.1. The van der Waals surface area contributed by atoms with E-state index in [4.69, 9.17) is 10.5 Å². The number of benzene rings is 1. The average Bonchev–Trinajstić information content (AvgIpc) is 2.29. The summed E-state index contributed by atoms with van der Waals surface area (Å²) in [5, 5.41) is 2.95. The predicted molar refractivity (Wildman–Crippen MR) is 73.6 cm³/mol. The Hall–Kier alpha value is -1.55. The number of amides is 1. The molecular formula is C14H22N2O2. The zero-order valence-corrected chi connectivity index (χ0v) is 11.3. The number of rotatable bonds is 6. The Morgan fingerprint density at radius 2 is 2.22 bits per heavy atom. The normalized spacial score (nSPS) is 12.2. The van der Waals surface area contributed by atoms with Gasteiger partial charge >= 0.3 is 0 Å². The number of nitrogen functional groups attached to an aromatic ring is 1. The molecule has 0 aliphatic rings. The van der Waals surface area contributed by atoms with Crippen LogP contribution in [0.1, 0.15) is 35.7 Å². The molecule has 0 bridgehead atoms. The van der Waals surface area contributed by atoms with Crippen LogP contribution in [0, 0.1) is 6.92 Å². The van der Waals surface area contributed by atoms with Crippen molar-refractivity contribution in [3.63, 3.8) is 0 Å². The van der Waals surface area contributed by atoms with Gasteiger partial charge in [0.15, 0.2) is 0 Å². The van der Waals surface area contributed by atoms with Gasteiger partial charge in [-0.15, -0.1) is 0 Å². The standard InChI is InChI=1S/C14H22N2O2/c1-4-5-11(9-18-3)16-14(17)12-7-6-10(2)8-13(12)15/h6-8,11H,4-5,9,15H2,1-3H3,(H,16,17). The first-order chi connectivity index (χ1) is 8.58. The van der Waals surface area contributed by atoms with E-state index in [1.807, 2.05) is 13.0 Å². The summed E-state index contributed by atoms with van der Waals surface area (Å²) < 4.78 is 5.10. The van der Waals surface area contributed by atoms with Gasteiger partial charge in [0.2, 0.25) is 0 Å². The van der Waals surface area contributed by atoms with Gasteiger partial charge in [0.05, 0.1) is 18.2 Å². The highest BCUT2D eigenvalue weighted by Gasteiger charge is 2.14. The van der Waals surface area contributed by atoms with Crippen molar-refractivity contribution in [3.8, 4) is 0 Å². The summed E-state index contributed by atoms with van der Waals surface area (Å²) in [7, 11) is 1.63. The van der Waals surface area contributed by atoms with Crippen molar-refractivity contribution >= 4 is 11.6 Å². The molecule has 0 fully saturated rings. The predicted octanol–water partition coefficient (Wildman–Crippen LogP) is 2.12. The molecule has 0 aromatic heterocycles. The fourth-order valence-corrected chi connectivity index (χ4v) is 1.90. The second-order valence-electron chi connectivity index (χ2n) is 4.51. The van der Waals surface area contributed by atoms with Crippen molar-refractivity contribution in [1.82, 2.24) is 5.32 Å². The summed E-state index contributed by atoms with van der Waals surface area (Å²) in [6.07, 6.45) is 1.89. The van der Waals surface area contributed by atoms with E-state index < -0.39 is 0 Å². The summed E-state index contributed by atoms with van der Waals surface area (Å²) in [5.74, 6) is -0.136. The molecule has 0 aliphatic heterocycles. The molecule has 0 saturated heterocycles. The molecule has 4 heteroatoms. The summed E-state index contributed by atoms with van der Waals surface area (Å²) in [6.45, 7) is 4.54. The van der Waals surface area contributed by atoms with Crippen LogP contribution in [-0.4, -0.2) is 25.7 Å². The van der Waals surface area contributed by atoms with Gasteiger partial charge < -0.3 is 15.8 Å². The summed E-state index contributed by atoms with van der Waals surface area (Å²) in [5.41, 5.74) is 7.94. The van der Waals surface area contributed by atoms with E-state index in [-0.39, 0.29) is 11.9 Å². The number of methoxy groups -OCH3 is 1. The number of aryl methyl sites for hydroxylation is 1. The Balaban J connectivity index is 2.73. The number of nitrogens with two attached hydrogens (primary N) is 1. The van der Waals surface area contributed by atoms with Gasteiger partial charge in [-0.3, -0.25) is 4.79 Å². The monoisotopic (exact) mass is 250 g/mol. The largest absolute Gasteiger partial charge is 0.398 e. The van der Waals surface area contributed by atoms with E-state index in [2.05, 4.69) is 12.2 Å². The van der Waals surface area contributed by atoms with Crippen LogP contribution < -0.4 is 11.1 Å². The van der Waals surface area contributed by atoms with E-state index in [0.717, 1.165) is 18.4 Å². The second-order valence-corrected chi connectivity index (χ2v) is 4.51. The minimum atomic E-state index is -0.136. The lowest BCUT2D eigenvalue weighted by atomic mass is 10.1. The lowest BCUT2D eigenvalue weighted by Crippen LogP contribution is -2.38. The first-order valence-corrected chi connectivity index (χ1v) is 6.24. The van der Waals surface area contributed by atoms with Crippen LogP contribution in [-0.2, 0) is 4.74 Å². The zero-order valence-electron chi connectivity index (χ0n) is 11.3. The molecule has 1 atom stereocenters. The molecule has 0 saturated carbocycles. The Bertz CT molecular complexity index is 399. The SMILES string of the molecule is CCCC(COC)NC(=O)c1ccc(C)cc1N. The Kier molecular flexibility index (Phi) is 5.65. The average molecular weight is 250 g/mol. The molecule has 18 heavy (non-hydrogen) atoms. The minimum Gasteiger partial charge on any atom is -0.398 e. The number of carbonyl (C=O) groups excluding carboxylic acids is 1. The Morgan fingerprint density at radius 3 is 2.78 bits per heavy atom. The molecule has 0 heterocycles. The number of anilines is 1. The van der Waals surface area contributed by atoms with E-state index in [1.165, 1.54) is 0 Å². The summed E-state index contributed by atoms with van der Waals surface area (Å²) >= 11 is 0. The Labute approximate surface area is 109 Å². The highest BCUT2D eigenvalue weighted by molar-refractivity contribution is 5.99. The van der Waals surface area contributed by atoms with E-state index >= 15 is 0 Å². The molecule has 1 rings (SSSR count). The van der Waals surface area contributed by atoms with Gasteiger partial charge in [-0.05, 0) is 31.0 Å². The van der Waals surface area contributed by atoms with Crippen LogP contribution in [0.15, 0.2) is 18.2 Å². The smallest absolute Gasteiger partial charge is 0.253 e. The lowest BCUT2D eigenvalue weighted by Gasteiger charge is -2.17. The van der Waals surface area contributed by atoms with Crippen molar-refractivity contribution < 1.29 is 9.53 Å². The maximum Gasteiger partial charge on any atom is 0.253 e. The van der Waals surface area contributed by atoms with E-state index in [1.54, 1.807) is 19.2 Å². The topological polar surface area (TPSA) is 64.3 Å². The first kappa shape index (κ1) is 14.5. The van der Waals surface area contributed by atoms with Crippen molar-refractivity contribution in [3.05, 3.63) is 29.3 Å². The number of nitrogens with one attached hydrogen (secondary N) is 1. The van der Waals surface area contributed by atoms with Crippen molar-refractivity contribution in [2.75, 3.05) is 19.5 Å². The Morgan fingerprint density at radius 1 is 1.50 bits per heavy atom. The third-order valence-electron chi connectivity index (χ3n) is 2.79. The van der Waals surface area contributed by atoms with Crippen LogP contribution in [0.4, 0.5) is 5.69 Å². The van der Waals surface area contributed by atoms with Crippen molar-refractivity contribution in [1.29, 1.82) is 0 Å². The fraction of sp³-hybridized carbons (Fsp3) is 0.500. The third kappa shape index (κ3) is 4.04. The van der Waals surface area contributed by atoms with Crippen LogP contribution in [0.5, 0.6) is 0 Å². The van der Waals surface area contributed by atoms with Crippen LogP contribution >= 0.6 is 0 Å². The van der Waals surface area contributed by atoms with Crippen LogP contribution in [0.2, 0.25) is 0 Å². The molecule has 1 aromatic carbocycles. The van der Waals surface area contributed by atoms with E-state index in [0.29, 0.717) is 17.9 Å². The number of carbonyl (C=O) groups is 1. The zero-order chi connectivity index (χ0) is 13.5. The molecule has 1 aromatic rings. The first-order valence-electron chi connectivity index (χ1n) is 6.24. The number of hydrogen-bond donors (Lipinski definition) is 2. The molecule has 1 unspecified atom stereocenters. The highest BCUT2D eigenvalue weighted by atomic mass is 16.5. The molecule has 0 aliphatic carbocycles. The number of hydrogen-bond acceptors (Lipinski definition) is 3. The highest BCUT2D eigenvalue weighted by Crippen LogP contribution is 2.14. The van der Waals surface area contributed by atoms with Gasteiger partial charge in [0.1, 0.15) is 0 Å². The van der Waals surface area contributed by atoms with Gasteiger partial charge in [-0.25, -0.2) is 0 Å². The molecule has 100 valence electrons. The van der Waals surface area contributed by atoms with E-state index in [9.17, 15) is 4.79 Å². The van der Waals surface area contributed by atoms with Gasteiger partial charge in [0.25, 0.3) is 5.91 Å². The van der Waals surface area contributed by atoms with Crippen LogP contribution in [0.25, 0.3) is 0 Å².